The average molecular weight is 250 g/mol. The molecule has 2 aromatic rings. The fourth-order valence-electron chi connectivity index (χ4n) is 1.74. The minimum atomic E-state index is -0.636. The molecule has 2 rings (SSSR count). The highest BCUT2D eigenvalue weighted by Gasteiger charge is 2.18. The maximum atomic E-state index is 14.2. The first-order chi connectivity index (χ1) is 8.28. The minimum absolute atomic E-state index is 0.0539. The molecular formula is C14H15FO3. The minimum Gasteiger partial charge on any atom is -0.485 e. The van der Waals surface area contributed by atoms with Crippen molar-refractivity contribution >= 4 is 11.0 Å². The normalized spacial score (nSPS) is 11.8. The van der Waals surface area contributed by atoms with Gasteiger partial charge in [-0.05, 0) is 45.4 Å². The molecule has 0 amide bonds. The molecule has 0 atom stereocenters. The summed E-state index contributed by atoms with van der Waals surface area (Å²) in [5.74, 6) is -0.549. The molecule has 0 N–H and O–H groups in total. The third kappa shape index (κ3) is 2.37. The predicted octanol–water partition coefficient (Wildman–Crippen LogP) is 3.42. The van der Waals surface area contributed by atoms with Crippen LogP contribution in [0.3, 0.4) is 0 Å². The van der Waals surface area contributed by atoms with E-state index in [-0.39, 0.29) is 11.3 Å². The second-order valence-electron chi connectivity index (χ2n) is 5.22. The van der Waals surface area contributed by atoms with Crippen LogP contribution in [-0.4, -0.2) is 5.60 Å². The predicted molar refractivity (Wildman–Crippen MR) is 67.6 cm³/mol. The molecule has 4 heteroatoms. The Morgan fingerprint density at radius 1 is 1.28 bits per heavy atom. The molecule has 0 aliphatic carbocycles. The van der Waals surface area contributed by atoms with E-state index >= 15 is 0 Å². The Balaban J connectivity index is 2.67. The van der Waals surface area contributed by atoms with E-state index in [9.17, 15) is 9.18 Å². The van der Waals surface area contributed by atoms with E-state index < -0.39 is 17.0 Å². The van der Waals surface area contributed by atoms with Crippen LogP contribution < -0.4 is 10.4 Å². The van der Waals surface area contributed by atoms with E-state index in [1.54, 1.807) is 19.1 Å². The molecule has 0 aliphatic rings. The van der Waals surface area contributed by atoms with E-state index in [4.69, 9.17) is 9.15 Å². The lowest BCUT2D eigenvalue weighted by Gasteiger charge is -2.21. The number of fused-ring (bicyclic) bond motifs is 1. The van der Waals surface area contributed by atoms with Crippen LogP contribution in [-0.2, 0) is 0 Å². The zero-order valence-corrected chi connectivity index (χ0v) is 10.8. The van der Waals surface area contributed by atoms with Gasteiger partial charge < -0.3 is 9.15 Å². The highest BCUT2D eigenvalue weighted by molar-refractivity contribution is 5.81. The lowest BCUT2D eigenvalue weighted by atomic mass is 10.1. The summed E-state index contributed by atoms with van der Waals surface area (Å²) in [6, 6.07) is 4.58. The second-order valence-corrected chi connectivity index (χ2v) is 5.22. The summed E-state index contributed by atoms with van der Waals surface area (Å²) < 4.78 is 24.6. The Morgan fingerprint density at radius 2 is 1.94 bits per heavy atom. The Kier molecular flexibility index (Phi) is 2.89. The molecule has 0 unspecified atom stereocenters. The summed E-state index contributed by atoms with van der Waals surface area (Å²) in [7, 11) is 0. The Labute approximate surface area is 104 Å². The van der Waals surface area contributed by atoms with E-state index in [0.717, 1.165) is 0 Å². The monoisotopic (exact) mass is 250 g/mol. The van der Waals surface area contributed by atoms with Crippen molar-refractivity contribution < 1.29 is 13.5 Å². The smallest absolute Gasteiger partial charge is 0.336 e. The van der Waals surface area contributed by atoms with Gasteiger partial charge in [-0.1, -0.05) is 0 Å². The number of hydrogen-bond donors (Lipinski definition) is 0. The molecule has 0 radical (unpaired) electrons. The first-order valence-electron chi connectivity index (χ1n) is 5.70. The van der Waals surface area contributed by atoms with Gasteiger partial charge in [0.25, 0.3) is 0 Å². The first-order valence-corrected chi connectivity index (χ1v) is 5.70. The summed E-state index contributed by atoms with van der Waals surface area (Å²) in [4.78, 5) is 11.3. The molecule has 1 heterocycles. The van der Waals surface area contributed by atoms with Gasteiger partial charge in [0.2, 0.25) is 5.82 Å². The lowest BCUT2D eigenvalue weighted by molar-refractivity contribution is 0.124. The summed E-state index contributed by atoms with van der Waals surface area (Å²) >= 11 is 0. The largest absolute Gasteiger partial charge is 0.485 e. The van der Waals surface area contributed by atoms with Gasteiger partial charge >= 0.3 is 5.63 Å². The van der Waals surface area contributed by atoms with Gasteiger partial charge in [0.1, 0.15) is 5.60 Å². The van der Waals surface area contributed by atoms with E-state index in [1.807, 2.05) is 20.8 Å². The standard InChI is InChI=1S/C14H15FO3/c1-8-7-11(16)17-13-9(8)5-6-10(12(13)15)18-14(2,3)4/h5-7H,1-4H3. The fourth-order valence-corrected chi connectivity index (χ4v) is 1.74. The molecule has 0 fully saturated rings. The summed E-state index contributed by atoms with van der Waals surface area (Å²) in [5, 5.41) is 0.577. The molecule has 0 bridgehead atoms. The quantitative estimate of drug-likeness (QED) is 0.728. The molecule has 0 saturated carbocycles. The van der Waals surface area contributed by atoms with Crippen LogP contribution in [0.25, 0.3) is 11.0 Å². The Morgan fingerprint density at radius 3 is 2.56 bits per heavy atom. The van der Waals surface area contributed by atoms with Crippen LogP contribution in [0, 0.1) is 12.7 Å². The van der Waals surface area contributed by atoms with Gasteiger partial charge in [-0.3, -0.25) is 0 Å². The molecule has 0 saturated heterocycles. The van der Waals surface area contributed by atoms with Crippen LogP contribution in [0.4, 0.5) is 4.39 Å². The van der Waals surface area contributed by atoms with Crippen molar-refractivity contribution in [1.82, 2.24) is 0 Å². The van der Waals surface area contributed by atoms with Crippen molar-refractivity contribution in [2.24, 2.45) is 0 Å². The topological polar surface area (TPSA) is 39.4 Å². The number of halogens is 1. The van der Waals surface area contributed by atoms with Crippen molar-refractivity contribution in [3.8, 4) is 5.75 Å². The van der Waals surface area contributed by atoms with Gasteiger partial charge in [0, 0.05) is 11.5 Å². The average Bonchev–Trinajstić information content (AvgIpc) is 2.21. The number of aryl methyl sites for hydroxylation is 1. The second kappa shape index (κ2) is 4.12. The van der Waals surface area contributed by atoms with Crippen molar-refractivity contribution in [2.45, 2.75) is 33.3 Å². The third-order valence-electron chi connectivity index (χ3n) is 2.44. The zero-order chi connectivity index (χ0) is 13.5. The molecule has 1 aromatic carbocycles. The highest BCUT2D eigenvalue weighted by atomic mass is 19.1. The number of rotatable bonds is 1. The maximum Gasteiger partial charge on any atom is 0.336 e. The van der Waals surface area contributed by atoms with Gasteiger partial charge in [-0.25, -0.2) is 4.79 Å². The number of hydrogen-bond acceptors (Lipinski definition) is 3. The van der Waals surface area contributed by atoms with E-state index in [1.165, 1.54) is 6.07 Å². The SMILES string of the molecule is Cc1cc(=O)oc2c(F)c(OC(C)(C)C)ccc12. The van der Waals surface area contributed by atoms with Gasteiger partial charge in [-0.2, -0.15) is 4.39 Å². The molecule has 0 spiro atoms. The molecule has 3 nitrogen and oxygen atoms in total. The van der Waals surface area contributed by atoms with Crippen LogP contribution in [0.5, 0.6) is 5.75 Å². The zero-order valence-electron chi connectivity index (χ0n) is 10.8. The van der Waals surface area contributed by atoms with Crippen molar-refractivity contribution in [3.05, 3.63) is 40.0 Å². The maximum absolute atomic E-state index is 14.2. The van der Waals surface area contributed by atoms with Crippen molar-refractivity contribution in [2.75, 3.05) is 0 Å². The highest BCUT2D eigenvalue weighted by Crippen LogP contribution is 2.29. The summed E-state index contributed by atoms with van der Waals surface area (Å²) in [6.07, 6.45) is 0. The Bertz CT molecular complexity index is 650. The Hall–Kier alpha value is -1.84. The van der Waals surface area contributed by atoms with E-state index in [2.05, 4.69) is 0 Å². The van der Waals surface area contributed by atoms with Crippen LogP contribution in [0.2, 0.25) is 0 Å². The molecule has 18 heavy (non-hydrogen) atoms. The first kappa shape index (κ1) is 12.6. The number of benzene rings is 1. The van der Waals surface area contributed by atoms with Crippen LogP contribution >= 0.6 is 0 Å². The third-order valence-corrected chi connectivity index (χ3v) is 2.44. The molecule has 0 aliphatic heterocycles. The van der Waals surface area contributed by atoms with Gasteiger partial charge in [0.15, 0.2) is 11.3 Å². The van der Waals surface area contributed by atoms with Crippen LogP contribution in [0.1, 0.15) is 26.3 Å². The number of ether oxygens (including phenoxy) is 1. The van der Waals surface area contributed by atoms with Gasteiger partial charge in [-0.15, -0.1) is 0 Å². The van der Waals surface area contributed by atoms with Crippen molar-refractivity contribution in [1.29, 1.82) is 0 Å². The van der Waals surface area contributed by atoms with Crippen LogP contribution in [0.15, 0.2) is 27.4 Å². The van der Waals surface area contributed by atoms with E-state index in [0.29, 0.717) is 10.9 Å². The fraction of sp³-hybridized carbons (Fsp3) is 0.357. The lowest BCUT2D eigenvalue weighted by Crippen LogP contribution is -2.23. The summed E-state index contributed by atoms with van der Waals surface area (Å²) in [5.41, 5.74) is -0.449. The molecule has 96 valence electrons. The summed E-state index contributed by atoms with van der Waals surface area (Å²) in [6.45, 7) is 7.21. The molecule has 1 aromatic heterocycles. The molecular weight excluding hydrogens is 235 g/mol. The van der Waals surface area contributed by atoms with Crippen molar-refractivity contribution in [3.63, 3.8) is 0 Å². The van der Waals surface area contributed by atoms with Gasteiger partial charge in [0.05, 0.1) is 0 Å².